The van der Waals surface area contributed by atoms with Gasteiger partial charge in [0.05, 0.1) is 13.2 Å². The van der Waals surface area contributed by atoms with Gasteiger partial charge in [-0.15, -0.1) is 0 Å². The molecule has 0 aromatic carbocycles. The Labute approximate surface area is 97.6 Å². The molecule has 0 aliphatic rings. The number of hydrogen-bond acceptors (Lipinski definition) is 4. The lowest BCUT2D eigenvalue weighted by atomic mass is 10.0. The van der Waals surface area contributed by atoms with Crippen LogP contribution in [0.2, 0.25) is 0 Å². The Morgan fingerprint density at radius 2 is 2.00 bits per heavy atom. The molecule has 0 saturated heterocycles. The number of methoxy groups -OCH3 is 1. The van der Waals surface area contributed by atoms with Crippen molar-refractivity contribution in [2.45, 2.75) is 39.2 Å². The second-order valence-corrected chi connectivity index (χ2v) is 4.12. The molecule has 0 aromatic rings. The van der Waals surface area contributed by atoms with E-state index in [1.165, 1.54) is 0 Å². The van der Waals surface area contributed by atoms with E-state index in [0.717, 1.165) is 19.3 Å². The molecule has 0 fully saturated rings. The van der Waals surface area contributed by atoms with Gasteiger partial charge in [-0.1, -0.05) is 13.3 Å². The third-order valence-electron chi connectivity index (χ3n) is 2.31. The van der Waals surface area contributed by atoms with Crippen molar-refractivity contribution in [3.63, 3.8) is 0 Å². The van der Waals surface area contributed by atoms with E-state index in [1.54, 1.807) is 7.11 Å². The fourth-order valence-electron chi connectivity index (χ4n) is 1.22. The molecule has 3 N–H and O–H groups in total. The average molecular weight is 232 g/mol. The first-order valence-corrected chi connectivity index (χ1v) is 5.74. The summed E-state index contributed by atoms with van der Waals surface area (Å²) in [6.07, 6.45) is 2.74. The van der Waals surface area contributed by atoms with Crippen molar-refractivity contribution >= 4 is 5.91 Å². The number of ether oxygens (including phenoxy) is 1. The summed E-state index contributed by atoms with van der Waals surface area (Å²) in [7, 11) is 1.59. The maximum absolute atomic E-state index is 11.5. The molecule has 0 aliphatic carbocycles. The zero-order valence-corrected chi connectivity index (χ0v) is 10.5. The zero-order valence-electron chi connectivity index (χ0n) is 10.5. The minimum Gasteiger partial charge on any atom is -0.382 e. The van der Waals surface area contributed by atoms with Crippen molar-refractivity contribution in [2.75, 3.05) is 20.3 Å². The minimum atomic E-state index is -0.0826. The van der Waals surface area contributed by atoms with Gasteiger partial charge in [0.1, 0.15) is 0 Å². The summed E-state index contributed by atoms with van der Waals surface area (Å²) in [5.41, 5.74) is 8.03. The lowest BCUT2D eigenvalue weighted by molar-refractivity contribution is -0.138. The van der Waals surface area contributed by atoms with E-state index in [0.29, 0.717) is 13.2 Å². The van der Waals surface area contributed by atoms with E-state index in [2.05, 4.69) is 5.48 Å². The van der Waals surface area contributed by atoms with Crippen LogP contribution >= 0.6 is 0 Å². The van der Waals surface area contributed by atoms with Gasteiger partial charge in [-0.3, -0.25) is 9.63 Å². The number of hydrogen-bond donors (Lipinski definition) is 2. The normalized spacial score (nSPS) is 14.5. The topological polar surface area (TPSA) is 73.6 Å². The van der Waals surface area contributed by atoms with Crippen molar-refractivity contribution in [3.05, 3.63) is 0 Å². The molecular weight excluding hydrogens is 208 g/mol. The minimum absolute atomic E-state index is 0.0405. The third-order valence-corrected chi connectivity index (χ3v) is 2.31. The van der Waals surface area contributed by atoms with Crippen LogP contribution in [0.25, 0.3) is 0 Å². The Morgan fingerprint density at radius 3 is 2.56 bits per heavy atom. The van der Waals surface area contributed by atoms with Crippen LogP contribution in [0, 0.1) is 5.92 Å². The van der Waals surface area contributed by atoms with Crippen LogP contribution in [0.5, 0.6) is 0 Å². The van der Waals surface area contributed by atoms with Gasteiger partial charge in [-0.25, -0.2) is 5.48 Å². The van der Waals surface area contributed by atoms with Crippen molar-refractivity contribution in [2.24, 2.45) is 11.7 Å². The third kappa shape index (κ3) is 8.64. The summed E-state index contributed by atoms with van der Waals surface area (Å²) in [6.45, 7) is 4.70. The molecule has 1 amide bonds. The number of amides is 1. The van der Waals surface area contributed by atoms with E-state index < -0.39 is 0 Å². The molecule has 0 aromatic heterocycles. The summed E-state index contributed by atoms with van der Waals surface area (Å²) in [6, 6.07) is 0.202. The largest absolute Gasteiger partial charge is 0.382 e. The Morgan fingerprint density at radius 1 is 1.31 bits per heavy atom. The number of hydroxylamine groups is 1. The molecule has 16 heavy (non-hydrogen) atoms. The van der Waals surface area contributed by atoms with Gasteiger partial charge in [0.25, 0.3) is 0 Å². The number of nitrogens with one attached hydrogen (secondary N) is 1. The molecule has 0 spiro atoms. The summed E-state index contributed by atoms with van der Waals surface area (Å²) in [5.74, 6) is -0.123. The van der Waals surface area contributed by atoms with Gasteiger partial charge in [0.2, 0.25) is 5.91 Å². The van der Waals surface area contributed by atoms with E-state index >= 15 is 0 Å². The summed E-state index contributed by atoms with van der Waals surface area (Å²) < 4.78 is 4.79. The second-order valence-electron chi connectivity index (χ2n) is 4.12. The average Bonchev–Trinajstić information content (AvgIpc) is 2.23. The van der Waals surface area contributed by atoms with E-state index in [9.17, 15) is 4.79 Å². The molecular formula is C11H24N2O3. The van der Waals surface area contributed by atoms with E-state index in [4.69, 9.17) is 15.3 Å². The lowest BCUT2D eigenvalue weighted by Crippen LogP contribution is -2.30. The van der Waals surface area contributed by atoms with Crippen molar-refractivity contribution in [1.82, 2.24) is 5.48 Å². The lowest BCUT2D eigenvalue weighted by Gasteiger charge is -2.12. The van der Waals surface area contributed by atoms with Crippen molar-refractivity contribution < 1.29 is 14.4 Å². The maximum Gasteiger partial charge on any atom is 0.246 e. The zero-order chi connectivity index (χ0) is 12.4. The highest BCUT2D eigenvalue weighted by Crippen LogP contribution is 2.08. The molecule has 5 nitrogen and oxygen atoms in total. The summed E-state index contributed by atoms with van der Waals surface area (Å²) in [4.78, 5) is 16.4. The quantitative estimate of drug-likeness (QED) is 0.456. The molecule has 0 radical (unpaired) electrons. The predicted octanol–water partition coefficient (Wildman–Crippen LogP) is 0.834. The SMILES string of the molecule is COCCONC(=O)C(C)CCCC(C)N. The molecule has 2 atom stereocenters. The Bertz CT molecular complexity index is 186. The van der Waals surface area contributed by atoms with Crippen LogP contribution in [-0.2, 0) is 14.4 Å². The second kappa shape index (κ2) is 9.57. The number of nitrogens with two attached hydrogens (primary N) is 1. The summed E-state index contributed by atoms with van der Waals surface area (Å²) >= 11 is 0. The molecule has 0 heterocycles. The van der Waals surface area contributed by atoms with Gasteiger partial charge in [0, 0.05) is 19.1 Å². The molecule has 96 valence electrons. The van der Waals surface area contributed by atoms with Gasteiger partial charge >= 0.3 is 0 Å². The van der Waals surface area contributed by atoms with Crippen LogP contribution in [0.4, 0.5) is 0 Å². The van der Waals surface area contributed by atoms with Gasteiger partial charge in [0.15, 0.2) is 0 Å². The number of carbonyl (C=O) groups excluding carboxylic acids is 1. The smallest absolute Gasteiger partial charge is 0.246 e. The Hall–Kier alpha value is -0.650. The van der Waals surface area contributed by atoms with Crippen LogP contribution in [0.15, 0.2) is 0 Å². The highest BCUT2D eigenvalue weighted by Gasteiger charge is 2.12. The summed E-state index contributed by atoms with van der Waals surface area (Å²) in [5, 5.41) is 0. The van der Waals surface area contributed by atoms with E-state index in [-0.39, 0.29) is 17.9 Å². The standard InChI is InChI=1S/C11H24N2O3/c1-9(5-4-6-10(2)12)11(14)13-16-8-7-15-3/h9-10H,4-8,12H2,1-3H3,(H,13,14). The highest BCUT2D eigenvalue weighted by molar-refractivity contribution is 5.77. The van der Waals surface area contributed by atoms with Gasteiger partial charge < -0.3 is 10.5 Å². The Balaban J connectivity index is 3.49. The van der Waals surface area contributed by atoms with Crippen LogP contribution in [0.1, 0.15) is 33.1 Å². The van der Waals surface area contributed by atoms with Crippen molar-refractivity contribution in [3.8, 4) is 0 Å². The fourth-order valence-corrected chi connectivity index (χ4v) is 1.22. The van der Waals surface area contributed by atoms with Gasteiger partial charge in [-0.05, 0) is 19.8 Å². The molecule has 0 rings (SSSR count). The molecule has 5 heteroatoms. The monoisotopic (exact) mass is 232 g/mol. The van der Waals surface area contributed by atoms with Crippen LogP contribution in [0.3, 0.4) is 0 Å². The molecule has 0 aliphatic heterocycles. The maximum atomic E-state index is 11.5. The molecule has 2 unspecified atom stereocenters. The van der Waals surface area contributed by atoms with E-state index in [1.807, 2.05) is 13.8 Å². The van der Waals surface area contributed by atoms with Gasteiger partial charge in [-0.2, -0.15) is 0 Å². The van der Waals surface area contributed by atoms with Crippen molar-refractivity contribution in [1.29, 1.82) is 0 Å². The number of carbonyl (C=O) groups is 1. The first kappa shape index (κ1) is 15.3. The molecule has 0 bridgehead atoms. The van der Waals surface area contributed by atoms with Crippen LogP contribution in [-0.4, -0.2) is 32.3 Å². The fraction of sp³-hybridized carbons (Fsp3) is 0.909. The predicted molar refractivity (Wildman–Crippen MR) is 62.6 cm³/mol. The first-order chi connectivity index (χ1) is 7.57. The first-order valence-electron chi connectivity index (χ1n) is 5.74. The Kier molecular flexibility index (Phi) is 9.18. The highest BCUT2D eigenvalue weighted by atomic mass is 16.7. The number of rotatable bonds is 9. The van der Waals surface area contributed by atoms with Crippen LogP contribution < -0.4 is 11.2 Å². The molecule has 0 saturated carbocycles.